The zero-order chi connectivity index (χ0) is 34.3. The molecule has 4 nitrogen and oxygen atoms in total. The maximum Gasteiger partial charge on any atom is 0.158 e. The van der Waals surface area contributed by atoms with Crippen LogP contribution in [0.25, 0.3) is 93.6 Å². The summed E-state index contributed by atoms with van der Waals surface area (Å²) in [6.45, 7) is 4.35. The van der Waals surface area contributed by atoms with E-state index < -0.39 is 0 Å². The molecule has 0 spiro atoms. The smallest absolute Gasteiger partial charge is 0.158 e. The summed E-state index contributed by atoms with van der Waals surface area (Å²) in [5.41, 5.74) is 12.5. The van der Waals surface area contributed by atoms with Gasteiger partial charge in [0.15, 0.2) is 5.75 Å². The van der Waals surface area contributed by atoms with Crippen LogP contribution in [0.5, 0.6) is 5.75 Å². The Bertz CT molecular complexity index is 3150. The highest BCUT2D eigenvalue weighted by atomic mass is 16.5. The van der Waals surface area contributed by atoms with E-state index in [1.807, 2.05) is 24.3 Å². The summed E-state index contributed by atoms with van der Waals surface area (Å²) in [7, 11) is 0. The fraction of sp³-hybridized carbons (Fsp3) is 0. The van der Waals surface area contributed by atoms with E-state index in [0.29, 0.717) is 0 Å². The van der Waals surface area contributed by atoms with E-state index in [1.165, 1.54) is 0 Å². The largest absolute Gasteiger partial charge is 0.462 e. The molecule has 0 aliphatic carbocycles. The standard InChI is InChI=1S/C48H30N2O2/c1-30-12-10-11-27-51-48-35(30)22-23-38-36-21-19-32(29-43(36)50(46(38)48)34-15-6-3-7-16-34)31-20-25-41-40(28-31)45-42(49(41)33-13-4-2-5-14-33)26-24-39-37-17-8-9-18-44(37)52-47(39)45/h2-29H,1H2/b12-10-,27-11-. The van der Waals surface area contributed by atoms with Gasteiger partial charge in [-0.15, -0.1) is 0 Å². The van der Waals surface area contributed by atoms with Crippen LogP contribution in [-0.2, 0) is 0 Å². The Kier molecular flexibility index (Phi) is 6.07. The zero-order valence-electron chi connectivity index (χ0n) is 28.1. The van der Waals surface area contributed by atoms with Crippen LogP contribution in [0.2, 0.25) is 0 Å². The lowest BCUT2D eigenvalue weighted by atomic mass is 9.99. The number of hydrogen-bond acceptors (Lipinski definition) is 2. The monoisotopic (exact) mass is 666 g/mol. The minimum Gasteiger partial charge on any atom is -0.462 e. The second-order valence-corrected chi connectivity index (χ2v) is 13.4. The first-order valence-corrected chi connectivity index (χ1v) is 17.5. The highest BCUT2D eigenvalue weighted by Gasteiger charge is 2.22. The number of aromatic nitrogens is 2. The number of allylic oxidation sites excluding steroid dienone is 4. The SMILES string of the molecule is C=C1/C=C\C=C/Oc2c1ccc1c3ccc(-c4ccc5c(c4)c4c6oc7ccccc7c6ccc4n5-c4ccccc4)cc3n(-c3ccccc3)c21. The van der Waals surface area contributed by atoms with Gasteiger partial charge >= 0.3 is 0 Å². The number of furan rings is 1. The fourth-order valence-electron chi connectivity index (χ4n) is 8.21. The lowest BCUT2D eigenvalue weighted by Crippen LogP contribution is -1.98. The average Bonchev–Trinajstić information content (AvgIpc) is 3.84. The predicted molar refractivity (Wildman–Crippen MR) is 216 cm³/mol. The third-order valence-corrected chi connectivity index (χ3v) is 10.5. The highest BCUT2D eigenvalue weighted by Crippen LogP contribution is 2.45. The molecule has 0 saturated carbocycles. The first-order chi connectivity index (χ1) is 25.7. The van der Waals surface area contributed by atoms with Crippen LogP contribution in [0, 0.1) is 0 Å². The molecule has 0 N–H and O–H groups in total. The summed E-state index contributed by atoms with van der Waals surface area (Å²) < 4.78 is 17.7. The molecule has 0 atom stereocenters. The van der Waals surface area contributed by atoms with Gasteiger partial charge in [0.25, 0.3) is 0 Å². The maximum absolute atomic E-state index is 6.65. The zero-order valence-corrected chi connectivity index (χ0v) is 28.1. The van der Waals surface area contributed by atoms with Crippen molar-refractivity contribution in [1.82, 2.24) is 9.13 Å². The third-order valence-electron chi connectivity index (χ3n) is 10.5. The van der Waals surface area contributed by atoms with Crippen molar-refractivity contribution in [3.05, 3.63) is 182 Å². The number of ether oxygens (including phenoxy) is 1. The molecule has 10 aromatic rings. The molecule has 0 bridgehead atoms. The van der Waals surface area contributed by atoms with Gasteiger partial charge in [0.05, 0.1) is 33.7 Å². The Morgan fingerprint density at radius 1 is 0.500 bits per heavy atom. The van der Waals surface area contributed by atoms with E-state index >= 15 is 0 Å². The van der Waals surface area contributed by atoms with Crippen LogP contribution >= 0.6 is 0 Å². The van der Waals surface area contributed by atoms with E-state index in [1.54, 1.807) is 6.26 Å². The number of para-hydroxylation sites is 3. The van der Waals surface area contributed by atoms with E-state index in [-0.39, 0.29) is 0 Å². The third kappa shape index (κ3) is 4.09. The lowest BCUT2D eigenvalue weighted by molar-refractivity contribution is 0.483. The molecule has 11 rings (SSSR count). The minimum atomic E-state index is 0.801. The molecule has 0 fully saturated rings. The molecule has 244 valence electrons. The summed E-state index contributed by atoms with van der Waals surface area (Å²) >= 11 is 0. The molecule has 52 heavy (non-hydrogen) atoms. The van der Waals surface area contributed by atoms with Gasteiger partial charge in [-0.25, -0.2) is 0 Å². The van der Waals surface area contributed by atoms with Crippen LogP contribution in [0.4, 0.5) is 0 Å². The molecule has 4 heteroatoms. The Labute approximate surface area is 299 Å². The number of rotatable bonds is 3. The van der Waals surface area contributed by atoms with Crippen molar-refractivity contribution in [3.8, 4) is 28.3 Å². The number of fused-ring (bicyclic) bond motifs is 12. The van der Waals surface area contributed by atoms with Crippen molar-refractivity contribution in [2.24, 2.45) is 0 Å². The van der Waals surface area contributed by atoms with Gasteiger partial charge in [0.1, 0.15) is 11.2 Å². The first-order valence-electron chi connectivity index (χ1n) is 17.5. The molecule has 7 aromatic carbocycles. The van der Waals surface area contributed by atoms with Crippen molar-refractivity contribution in [2.75, 3.05) is 0 Å². The van der Waals surface area contributed by atoms with Gasteiger partial charge in [-0.1, -0.05) is 97.6 Å². The summed E-state index contributed by atoms with van der Waals surface area (Å²) in [5, 5.41) is 6.81. The summed E-state index contributed by atoms with van der Waals surface area (Å²) in [6.07, 6.45) is 7.65. The van der Waals surface area contributed by atoms with Crippen LogP contribution < -0.4 is 4.74 Å². The van der Waals surface area contributed by atoms with Gasteiger partial charge in [-0.05, 0) is 89.5 Å². The molecule has 1 aliphatic rings. The molecule has 0 amide bonds. The number of hydrogen-bond donors (Lipinski definition) is 0. The van der Waals surface area contributed by atoms with Crippen molar-refractivity contribution < 1.29 is 9.15 Å². The second-order valence-electron chi connectivity index (χ2n) is 13.4. The first kappa shape index (κ1) is 28.8. The Hall–Kier alpha value is -7.04. The summed E-state index contributed by atoms with van der Waals surface area (Å²) in [5.74, 6) is 0.801. The van der Waals surface area contributed by atoms with E-state index in [2.05, 4.69) is 155 Å². The molecular formula is C48H30N2O2. The lowest BCUT2D eigenvalue weighted by Gasteiger charge is -2.15. The molecule has 3 aromatic heterocycles. The van der Waals surface area contributed by atoms with Gasteiger partial charge in [0.2, 0.25) is 0 Å². The van der Waals surface area contributed by atoms with Crippen LogP contribution in [0.15, 0.2) is 181 Å². The fourth-order valence-corrected chi connectivity index (χ4v) is 8.21. The predicted octanol–water partition coefficient (Wildman–Crippen LogP) is 12.9. The van der Waals surface area contributed by atoms with Gasteiger partial charge in [-0.2, -0.15) is 0 Å². The van der Waals surface area contributed by atoms with Crippen molar-refractivity contribution in [2.45, 2.75) is 0 Å². The average molecular weight is 667 g/mol. The normalized spacial score (nSPS) is 14.3. The second kappa shape index (κ2) is 11.0. The molecule has 1 aliphatic heterocycles. The molecular weight excluding hydrogens is 637 g/mol. The van der Waals surface area contributed by atoms with Gasteiger partial charge < -0.3 is 18.3 Å². The van der Waals surface area contributed by atoms with Gasteiger partial charge in [0, 0.05) is 43.9 Å². The van der Waals surface area contributed by atoms with Crippen LogP contribution in [-0.4, -0.2) is 9.13 Å². The quantitative estimate of drug-likeness (QED) is 0.188. The van der Waals surface area contributed by atoms with Gasteiger partial charge in [-0.3, -0.25) is 0 Å². The Morgan fingerprint density at radius 2 is 1.19 bits per heavy atom. The number of benzene rings is 7. The van der Waals surface area contributed by atoms with Crippen LogP contribution in [0.1, 0.15) is 5.56 Å². The minimum absolute atomic E-state index is 0.801. The van der Waals surface area contributed by atoms with Crippen LogP contribution in [0.3, 0.4) is 0 Å². The molecule has 0 saturated heterocycles. The van der Waals surface area contributed by atoms with E-state index in [0.717, 1.165) is 105 Å². The molecule has 0 unspecified atom stereocenters. The summed E-state index contributed by atoms with van der Waals surface area (Å²) in [6, 6.07) is 51.8. The number of nitrogens with zero attached hydrogens (tertiary/aromatic N) is 2. The summed E-state index contributed by atoms with van der Waals surface area (Å²) in [4.78, 5) is 0. The van der Waals surface area contributed by atoms with Crippen molar-refractivity contribution in [1.29, 1.82) is 0 Å². The topological polar surface area (TPSA) is 32.2 Å². The maximum atomic E-state index is 6.65. The van der Waals surface area contributed by atoms with Crippen molar-refractivity contribution >= 4 is 71.1 Å². The van der Waals surface area contributed by atoms with Crippen molar-refractivity contribution in [3.63, 3.8) is 0 Å². The molecule has 0 radical (unpaired) electrons. The highest BCUT2D eigenvalue weighted by molar-refractivity contribution is 6.24. The Morgan fingerprint density at radius 3 is 2.04 bits per heavy atom. The molecule has 4 heterocycles. The van der Waals surface area contributed by atoms with E-state index in [4.69, 9.17) is 9.15 Å². The van der Waals surface area contributed by atoms with E-state index in [9.17, 15) is 0 Å². The Balaban J connectivity index is 1.20.